The summed E-state index contributed by atoms with van der Waals surface area (Å²) in [7, 11) is -4.25. The molecule has 1 aromatic carbocycles. The minimum Gasteiger partial charge on any atom is -0.414 e. The molecule has 0 bridgehead atoms. The van der Waals surface area contributed by atoms with E-state index in [0.717, 1.165) is 6.42 Å². The van der Waals surface area contributed by atoms with Gasteiger partial charge in [0.1, 0.15) is 17.7 Å². The number of benzene rings is 1. The number of aryl methyl sites for hydroxylation is 1. The molecule has 2 aliphatic heterocycles. The second kappa shape index (κ2) is 14.3. The SMILES string of the molecule is CC(C)(C)[Si](C)(C)OC[C@H]1O[C@@H](N2C(=O)NC(=O)/C(=C/CCc3ccccc3)C2SCCO)C[C@@H]1O[Si](C)(C)C(C)(C)C. The van der Waals surface area contributed by atoms with E-state index in [1.54, 1.807) is 4.90 Å². The molecule has 2 heterocycles. The van der Waals surface area contributed by atoms with Gasteiger partial charge in [-0.15, -0.1) is 11.8 Å². The van der Waals surface area contributed by atoms with Crippen molar-refractivity contribution < 1.29 is 28.3 Å². The van der Waals surface area contributed by atoms with Gasteiger partial charge in [-0.05, 0) is 54.7 Å². The molecule has 11 heteroatoms. The monoisotopic (exact) mass is 650 g/mol. The Balaban J connectivity index is 1.90. The molecule has 242 valence electrons. The van der Waals surface area contributed by atoms with Crippen LogP contribution >= 0.6 is 11.8 Å². The van der Waals surface area contributed by atoms with Gasteiger partial charge in [0, 0.05) is 17.7 Å². The van der Waals surface area contributed by atoms with Gasteiger partial charge in [-0.1, -0.05) is 78.0 Å². The molecule has 0 saturated carbocycles. The van der Waals surface area contributed by atoms with E-state index in [9.17, 15) is 14.7 Å². The van der Waals surface area contributed by atoms with Crippen LogP contribution in [0.25, 0.3) is 0 Å². The summed E-state index contributed by atoms with van der Waals surface area (Å²) in [6.07, 6.45) is 2.61. The summed E-state index contributed by atoms with van der Waals surface area (Å²) in [5.74, 6) is -0.0126. The van der Waals surface area contributed by atoms with E-state index in [-0.39, 0.29) is 28.9 Å². The van der Waals surface area contributed by atoms with Gasteiger partial charge in [0.15, 0.2) is 16.6 Å². The highest BCUT2D eigenvalue weighted by molar-refractivity contribution is 8.00. The molecular weight excluding hydrogens is 597 g/mol. The zero-order chi connectivity index (χ0) is 32.2. The summed E-state index contributed by atoms with van der Waals surface area (Å²) in [5.41, 5.74) is 1.69. The smallest absolute Gasteiger partial charge is 0.327 e. The lowest BCUT2D eigenvalue weighted by Gasteiger charge is -2.40. The minimum atomic E-state index is -2.18. The number of rotatable bonds is 12. The zero-order valence-electron chi connectivity index (χ0n) is 27.9. The average molecular weight is 651 g/mol. The number of carbonyl (C=O) groups is 2. The van der Waals surface area contributed by atoms with Crippen molar-refractivity contribution in [1.29, 1.82) is 0 Å². The van der Waals surface area contributed by atoms with Gasteiger partial charge >= 0.3 is 6.03 Å². The molecule has 0 aliphatic carbocycles. The van der Waals surface area contributed by atoms with Gasteiger partial charge in [-0.3, -0.25) is 15.0 Å². The molecule has 1 unspecified atom stereocenters. The lowest BCUT2D eigenvalue weighted by molar-refractivity contribution is -0.119. The summed E-state index contributed by atoms with van der Waals surface area (Å²) in [6.45, 7) is 22.5. The van der Waals surface area contributed by atoms with E-state index in [1.165, 1.54) is 17.3 Å². The zero-order valence-corrected chi connectivity index (χ0v) is 30.7. The number of carbonyl (C=O) groups excluding carboxylic acids is 2. The fourth-order valence-corrected chi connectivity index (χ4v) is 8.13. The molecule has 1 aromatic rings. The molecule has 0 radical (unpaired) electrons. The second-order valence-corrected chi connectivity index (χ2v) is 25.4. The standard InChI is InChI=1S/C32H54N2O6SSi2/c1-31(2,3)42(7,8)38-22-26-25(40-43(9,10)32(4,5)6)21-27(39-26)34-29(41-20-19-35)24(28(36)33-30(34)37)18-14-17-23-15-12-11-13-16-23/h11-13,15-16,18,25-27,29,35H,14,17,19-22H2,1-10H3,(H,33,36,37)/b24-18-/t25-,26+,27+,29?/m0/s1. The van der Waals surface area contributed by atoms with E-state index < -0.39 is 40.2 Å². The molecule has 4 atom stereocenters. The van der Waals surface area contributed by atoms with Crippen molar-refractivity contribution in [3.05, 3.63) is 47.5 Å². The lowest BCUT2D eigenvalue weighted by Crippen LogP contribution is -2.59. The first kappa shape index (κ1) is 36.0. The van der Waals surface area contributed by atoms with Crippen LogP contribution in [0.1, 0.15) is 59.9 Å². The number of nitrogens with one attached hydrogen (secondary N) is 1. The van der Waals surface area contributed by atoms with Crippen molar-refractivity contribution in [2.75, 3.05) is 19.0 Å². The van der Waals surface area contributed by atoms with Crippen LogP contribution in [-0.4, -0.2) is 81.4 Å². The molecule has 8 nitrogen and oxygen atoms in total. The second-order valence-electron chi connectivity index (χ2n) is 14.6. The number of aliphatic hydroxyl groups excluding tert-OH is 1. The molecule has 2 saturated heterocycles. The largest absolute Gasteiger partial charge is 0.414 e. The number of hydrogen-bond donors (Lipinski definition) is 2. The molecule has 43 heavy (non-hydrogen) atoms. The van der Waals surface area contributed by atoms with E-state index in [1.807, 2.05) is 24.3 Å². The van der Waals surface area contributed by atoms with E-state index >= 15 is 0 Å². The van der Waals surface area contributed by atoms with Crippen molar-refractivity contribution in [2.45, 2.75) is 121 Å². The Morgan fingerprint density at radius 2 is 1.67 bits per heavy atom. The van der Waals surface area contributed by atoms with Gasteiger partial charge < -0.3 is 18.7 Å². The normalized spacial score (nSPS) is 25.0. The quantitative estimate of drug-likeness (QED) is 0.193. The molecule has 2 N–H and O–H groups in total. The molecule has 2 aliphatic rings. The molecular formula is C32H54N2O6SSi2. The number of thioether (sulfide) groups is 1. The number of allylic oxidation sites excluding steroid dienone is 1. The summed E-state index contributed by atoms with van der Waals surface area (Å²) in [6, 6.07) is 9.63. The van der Waals surface area contributed by atoms with Crippen molar-refractivity contribution in [1.82, 2.24) is 10.2 Å². The number of hydrogen-bond acceptors (Lipinski definition) is 7. The van der Waals surface area contributed by atoms with E-state index in [4.69, 9.17) is 13.6 Å². The Labute approximate surface area is 265 Å². The number of urea groups is 1. The summed E-state index contributed by atoms with van der Waals surface area (Å²) < 4.78 is 20.2. The van der Waals surface area contributed by atoms with Crippen molar-refractivity contribution >= 4 is 40.3 Å². The van der Waals surface area contributed by atoms with Crippen LogP contribution in [0.4, 0.5) is 4.79 Å². The van der Waals surface area contributed by atoms with E-state index in [0.29, 0.717) is 30.8 Å². The maximum atomic E-state index is 13.5. The molecule has 0 aromatic heterocycles. The summed E-state index contributed by atoms with van der Waals surface area (Å²) in [4.78, 5) is 28.2. The maximum absolute atomic E-state index is 13.5. The Hall–Kier alpha value is -1.48. The van der Waals surface area contributed by atoms with Crippen LogP contribution in [0.3, 0.4) is 0 Å². The van der Waals surface area contributed by atoms with Crippen LogP contribution in [-0.2, 0) is 24.8 Å². The van der Waals surface area contributed by atoms with Crippen LogP contribution in [0, 0.1) is 0 Å². The van der Waals surface area contributed by atoms with Crippen molar-refractivity contribution in [2.24, 2.45) is 0 Å². The third kappa shape index (κ3) is 9.05. The number of nitrogens with zero attached hydrogens (tertiary/aromatic N) is 1. The lowest BCUT2D eigenvalue weighted by atomic mass is 10.1. The molecule has 2 fully saturated rings. The Morgan fingerprint density at radius 1 is 1.05 bits per heavy atom. The van der Waals surface area contributed by atoms with Crippen LogP contribution < -0.4 is 5.32 Å². The Morgan fingerprint density at radius 3 is 2.26 bits per heavy atom. The van der Waals surface area contributed by atoms with Gasteiger partial charge in [0.05, 0.1) is 19.3 Å². The fraction of sp³-hybridized carbons (Fsp3) is 0.688. The first-order chi connectivity index (χ1) is 19.9. The Bertz CT molecular complexity index is 1130. The summed E-state index contributed by atoms with van der Waals surface area (Å²) >= 11 is 1.38. The highest BCUT2D eigenvalue weighted by Crippen LogP contribution is 2.42. The number of aliphatic hydroxyl groups is 1. The predicted molar refractivity (Wildman–Crippen MR) is 180 cm³/mol. The Kier molecular flexibility index (Phi) is 12.0. The topological polar surface area (TPSA) is 97.3 Å². The van der Waals surface area contributed by atoms with Gasteiger partial charge in [0.25, 0.3) is 5.91 Å². The number of amides is 3. The predicted octanol–water partition coefficient (Wildman–Crippen LogP) is 6.68. The van der Waals surface area contributed by atoms with Gasteiger partial charge in [-0.2, -0.15) is 0 Å². The van der Waals surface area contributed by atoms with Gasteiger partial charge in [0.2, 0.25) is 0 Å². The molecule has 3 rings (SSSR count). The first-order valence-corrected chi connectivity index (χ1v) is 22.3. The third-order valence-corrected chi connectivity index (χ3v) is 19.6. The number of imide groups is 1. The number of ether oxygens (including phenoxy) is 1. The molecule has 0 spiro atoms. The summed E-state index contributed by atoms with van der Waals surface area (Å²) in [5, 5.41) is 11.7. The molecule has 3 amide bonds. The average Bonchev–Trinajstić information content (AvgIpc) is 3.28. The van der Waals surface area contributed by atoms with Crippen molar-refractivity contribution in [3.8, 4) is 0 Å². The highest BCUT2D eigenvalue weighted by atomic mass is 32.2. The highest BCUT2D eigenvalue weighted by Gasteiger charge is 2.50. The first-order valence-electron chi connectivity index (χ1n) is 15.5. The van der Waals surface area contributed by atoms with Gasteiger partial charge in [-0.25, -0.2) is 4.79 Å². The fourth-order valence-electron chi connectivity index (χ4n) is 4.66. The third-order valence-electron chi connectivity index (χ3n) is 9.40. The van der Waals surface area contributed by atoms with Crippen LogP contribution in [0.5, 0.6) is 0 Å². The minimum absolute atomic E-state index is 0.000976. The van der Waals surface area contributed by atoms with E-state index in [2.05, 4.69) is 85.2 Å². The van der Waals surface area contributed by atoms with Crippen LogP contribution in [0.2, 0.25) is 36.3 Å². The maximum Gasteiger partial charge on any atom is 0.327 e. The van der Waals surface area contributed by atoms with Crippen LogP contribution in [0.15, 0.2) is 42.0 Å². The van der Waals surface area contributed by atoms with Crippen molar-refractivity contribution in [3.63, 3.8) is 0 Å².